The minimum Gasteiger partial charge on any atom is -0.396 e. The number of aryl methyl sites for hydroxylation is 1. The molecule has 0 aliphatic carbocycles. The molecule has 0 radical (unpaired) electrons. The Bertz CT molecular complexity index is 571. The van der Waals surface area contributed by atoms with Crippen molar-refractivity contribution in [2.24, 2.45) is 0 Å². The zero-order valence-electron chi connectivity index (χ0n) is 11.9. The van der Waals surface area contributed by atoms with Crippen LogP contribution in [0.15, 0.2) is 18.3 Å². The Labute approximate surface area is 119 Å². The summed E-state index contributed by atoms with van der Waals surface area (Å²) in [7, 11) is 0. The molecule has 0 fully saturated rings. The van der Waals surface area contributed by atoms with Crippen molar-refractivity contribution in [3.8, 4) is 0 Å². The second kappa shape index (κ2) is 7.05. The van der Waals surface area contributed by atoms with E-state index in [4.69, 9.17) is 16.2 Å². The lowest BCUT2D eigenvalue weighted by molar-refractivity contribution is 0.129. The van der Waals surface area contributed by atoms with E-state index in [0.717, 1.165) is 50.1 Å². The maximum Gasteiger partial charge on any atom is 0.114 e. The van der Waals surface area contributed by atoms with Crippen LogP contribution in [0.1, 0.15) is 31.9 Å². The number of ether oxygens (including phenoxy) is 1. The molecule has 5 nitrogen and oxygen atoms in total. The van der Waals surface area contributed by atoms with Crippen molar-refractivity contribution in [2.75, 3.05) is 24.7 Å². The molecule has 108 valence electrons. The maximum atomic E-state index is 6.04. The van der Waals surface area contributed by atoms with Crippen LogP contribution in [-0.2, 0) is 11.2 Å². The number of aromatic nitrogens is 2. The molecule has 0 aliphatic rings. The van der Waals surface area contributed by atoms with Gasteiger partial charge >= 0.3 is 0 Å². The van der Waals surface area contributed by atoms with Gasteiger partial charge in [-0.05, 0) is 31.4 Å². The molecule has 2 rings (SSSR count). The predicted octanol–water partition coefficient (Wildman–Crippen LogP) is 2.54. The zero-order valence-corrected chi connectivity index (χ0v) is 11.9. The van der Waals surface area contributed by atoms with Crippen LogP contribution in [0.25, 0.3) is 11.0 Å². The molecule has 0 bridgehead atoms. The first-order valence-corrected chi connectivity index (χ1v) is 7.10. The number of unbranched alkanes of at least 4 members (excludes halogenated alkanes) is 1. The van der Waals surface area contributed by atoms with Gasteiger partial charge in [0.25, 0.3) is 0 Å². The van der Waals surface area contributed by atoms with Crippen molar-refractivity contribution in [2.45, 2.75) is 32.6 Å². The average Bonchev–Trinajstić information content (AvgIpc) is 2.47. The summed E-state index contributed by atoms with van der Waals surface area (Å²) in [5.74, 6) is 0. The second-order valence-corrected chi connectivity index (χ2v) is 4.83. The fraction of sp³-hybridized carbons (Fsp3) is 0.467. The Kier molecular flexibility index (Phi) is 5.12. The second-order valence-electron chi connectivity index (χ2n) is 4.83. The van der Waals surface area contributed by atoms with Crippen molar-refractivity contribution >= 4 is 22.4 Å². The Hall–Kier alpha value is -1.88. The van der Waals surface area contributed by atoms with Gasteiger partial charge in [0, 0.05) is 19.4 Å². The average molecular weight is 274 g/mol. The highest BCUT2D eigenvalue weighted by Gasteiger charge is 2.10. The van der Waals surface area contributed by atoms with Gasteiger partial charge in [-0.3, -0.25) is 4.98 Å². The normalized spacial score (nSPS) is 11.1. The van der Waals surface area contributed by atoms with Crippen LogP contribution in [0.5, 0.6) is 0 Å². The number of nitrogens with two attached hydrogens (primary N) is 2. The van der Waals surface area contributed by atoms with Gasteiger partial charge in [0.05, 0.1) is 22.6 Å². The van der Waals surface area contributed by atoms with Crippen LogP contribution in [0, 0.1) is 0 Å². The number of fused-ring (bicyclic) bond motifs is 1. The van der Waals surface area contributed by atoms with E-state index >= 15 is 0 Å². The summed E-state index contributed by atoms with van der Waals surface area (Å²) >= 11 is 0. The molecule has 2 heterocycles. The third-order valence-corrected chi connectivity index (χ3v) is 3.24. The van der Waals surface area contributed by atoms with Gasteiger partial charge in [-0.1, -0.05) is 13.3 Å². The first-order valence-electron chi connectivity index (χ1n) is 7.10. The molecule has 5 heteroatoms. The Morgan fingerprint density at radius 2 is 1.95 bits per heavy atom. The van der Waals surface area contributed by atoms with E-state index in [1.54, 1.807) is 6.20 Å². The number of rotatable bonds is 7. The van der Waals surface area contributed by atoms with Crippen LogP contribution < -0.4 is 11.5 Å². The SMILES string of the molecule is CCCCOCCCc1nc2cccnc2c(N)c1N. The molecule has 0 unspecified atom stereocenters. The lowest BCUT2D eigenvalue weighted by Gasteiger charge is -2.10. The van der Waals surface area contributed by atoms with Crippen LogP contribution in [0.2, 0.25) is 0 Å². The van der Waals surface area contributed by atoms with Crippen LogP contribution in [0.3, 0.4) is 0 Å². The number of hydrogen-bond donors (Lipinski definition) is 2. The highest BCUT2D eigenvalue weighted by atomic mass is 16.5. The minimum absolute atomic E-state index is 0.525. The molecule has 20 heavy (non-hydrogen) atoms. The molecule has 2 aromatic rings. The minimum atomic E-state index is 0.525. The standard InChI is InChI=1S/C15H22N4O/c1-2-3-9-20-10-5-7-11-13(16)14(17)15-12(19-11)6-4-8-18-15/h4,6,8H,2-3,5,7,9-10,16H2,1H3,(H2,17,19). The highest BCUT2D eigenvalue weighted by molar-refractivity contribution is 5.93. The summed E-state index contributed by atoms with van der Waals surface area (Å²) in [6.07, 6.45) is 5.62. The van der Waals surface area contributed by atoms with Gasteiger partial charge in [-0.2, -0.15) is 0 Å². The zero-order chi connectivity index (χ0) is 14.4. The van der Waals surface area contributed by atoms with Crippen LogP contribution in [0.4, 0.5) is 11.4 Å². The highest BCUT2D eigenvalue weighted by Crippen LogP contribution is 2.26. The molecule has 0 amide bonds. The van der Waals surface area contributed by atoms with E-state index in [1.807, 2.05) is 12.1 Å². The monoisotopic (exact) mass is 274 g/mol. The van der Waals surface area contributed by atoms with Crippen LogP contribution in [-0.4, -0.2) is 23.2 Å². The van der Waals surface area contributed by atoms with E-state index < -0.39 is 0 Å². The molecule has 2 aromatic heterocycles. The van der Waals surface area contributed by atoms with Crippen molar-refractivity contribution in [3.05, 3.63) is 24.0 Å². The first-order chi connectivity index (χ1) is 9.74. The van der Waals surface area contributed by atoms with E-state index in [9.17, 15) is 0 Å². The largest absolute Gasteiger partial charge is 0.396 e. The van der Waals surface area contributed by atoms with Gasteiger partial charge < -0.3 is 16.2 Å². The maximum absolute atomic E-state index is 6.04. The Morgan fingerprint density at radius 1 is 1.15 bits per heavy atom. The number of nitrogens with zero attached hydrogens (tertiary/aromatic N) is 2. The number of hydrogen-bond acceptors (Lipinski definition) is 5. The van der Waals surface area contributed by atoms with E-state index in [0.29, 0.717) is 16.9 Å². The van der Waals surface area contributed by atoms with Crippen molar-refractivity contribution < 1.29 is 4.74 Å². The van der Waals surface area contributed by atoms with Gasteiger partial charge in [0.15, 0.2) is 0 Å². The molecule has 0 spiro atoms. The number of nitrogen functional groups attached to an aromatic ring is 2. The topological polar surface area (TPSA) is 87.0 Å². The number of pyridine rings is 2. The van der Waals surface area contributed by atoms with Gasteiger partial charge in [0.1, 0.15) is 5.52 Å². The molecule has 0 saturated heterocycles. The van der Waals surface area contributed by atoms with E-state index in [2.05, 4.69) is 16.9 Å². The third-order valence-electron chi connectivity index (χ3n) is 3.24. The fourth-order valence-electron chi connectivity index (χ4n) is 2.06. The quantitative estimate of drug-likeness (QED) is 0.758. The smallest absolute Gasteiger partial charge is 0.114 e. The molecular formula is C15H22N4O. The first kappa shape index (κ1) is 14.5. The molecule has 0 aliphatic heterocycles. The molecule has 0 saturated carbocycles. The molecular weight excluding hydrogens is 252 g/mol. The molecule has 0 atom stereocenters. The molecule has 0 aromatic carbocycles. The van der Waals surface area contributed by atoms with Crippen molar-refractivity contribution in [1.82, 2.24) is 9.97 Å². The van der Waals surface area contributed by atoms with Gasteiger partial charge in [-0.15, -0.1) is 0 Å². The van der Waals surface area contributed by atoms with Crippen LogP contribution >= 0.6 is 0 Å². The Morgan fingerprint density at radius 3 is 2.75 bits per heavy atom. The summed E-state index contributed by atoms with van der Waals surface area (Å²) in [5.41, 5.74) is 15.4. The fourth-order valence-corrected chi connectivity index (χ4v) is 2.06. The lowest BCUT2D eigenvalue weighted by Crippen LogP contribution is -2.06. The molecule has 4 N–H and O–H groups in total. The third kappa shape index (κ3) is 3.36. The van der Waals surface area contributed by atoms with E-state index in [1.165, 1.54) is 0 Å². The number of anilines is 2. The van der Waals surface area contributed by atoms with Crippen molar-refractivity contribution in [3.63, 3.8) is 0 Å². The lowest BCUT2D eigenvalue weighted by atomic mass is 10.1. The van der Waals surface area contributed by atoms with E-state index in [-0.39, 0.29) is 0 Å². The Balaban J connectivity index is 2.01. The van der Waals surface area contributed by atoms with Gasteiger partial charge in [0.2, 0.25) is 0 Å². The summed E-state index contributed by atoms with van der Waals surface area (Å²) in [6.45, 7) is 3.70. The van der Waals surface area contributed by atoms with Crippen molar-refractivity contribution in [1.29, 1.82) is 0 Å². The predicted molar refractivity (Wildman–Crippen MR) is 82.4 cm³/mol. The summed E-state index contributed by atoms with van der Waals surface area (Å²) in [5, 5.41) is 0. The summed E-state index contributed by atoms with van der Waals surface area (Å²) < 4.78 is 5.54. The summed E-state index contributed by atoms with van der Waals surface area (Å²) in [6, 6.07) is 3.75. The van der Waals surface area contributed by atoms with Gasteiger partial charge in [-0.25, -0.2) is 4.98 Å². The summed E-state index contributed by atoms with van der Waals surface area (Å²) in [4.78, 5) is 8.77.